The first-order chi connectivity index (χ1) is 10.3. The zero-order valence-electron chi connectivity index (χ0n) is 12.9. The Labute approximate surface area is 127 Å². The van der Waals surface area contributed by atoms with Gasteiger partial charge in [0, 0.05) is 31.1 Å². The van der Waals surface area contributed by atoms with Crippen LogP contribution in [0.2, 0.25) is 0 Å². The van der Waals surface area contributed by atoms with Crippen LogP contribution in [0.5, 0.6) is 0 Å². The molecule has 3 heteroatoms. The van der Waals surface area contributed by atoms with Crippen LogP contribution in [0.1, 0.15) is 51.0 Å². The summed E-state index contributed by atoms with van der Waals surface area (Å²) in [6.45, 7) is 2.99. The Hall–Kier alpha value is -1.35. The molecule has 1 aromatic rings. The predicted octanol–water partition coefficient (Wildman–Crippen LogP) is 3.10. The summed E-state index contributed by atoms with van der Waals surface area (Å²) >= 11 is 0. The molecule has 2 fully saturated rings. The lowest BCUT2D eigenvalue weighted by molar-refractivity contribution is -0.122. The highest BCUT2D eigenvalue weighted by Gasteiger charge is 2.38. The van der Waals surface area contributed by atoms with Crippen molar-refractivity contribution in [3.63, 3.8) is 0 Å². The summed E-state index contributed by atoms with van der Waals surface area (Å²) in [5.74, 6) is 0.203. The van der Waals surface area contributed by atoms with Gasteiger partial charge in [-0.25, -0.2) is 0 Å². The Balaban J connectivity index is 1.66. The van der Waals surface area contributed by atoms with Crippen LogP contribution in [0.3, 0.4) is 0 Å². The number of amides is 1. The fourth-order valence-electron chi connectivity index (χ4n) is 3.98. The highest BCUT2D eigenvalue weighted by atomic mass is 16.1. The van der Waals surface area contributed by atoms with Gasteiger partial charge in [0.05, 0.1) is 0 Å². The molecule has 21 heavy (non-hydrogen) atoms. The fourth-order valence-corrected chi connectivity index (χ4v) is 3.98. The second-order valence-electron chi connectivity index (χ2n) is 6.49. The smallest absolute Gasteiger partial charge is 0.219 e. The van der Waals surface area contributed by atoms with E-state index in [1.54, 1.807) is 0 Å². The van der Waals surface area contributed by atoms with Crippen LogP contribution in [0.15, 0.2) is 30.3 Å². The van der Waals surface area contributed by atoms with E-state index in [-0.39, 0.29) is 5.91 Å². The number of nitrogens with one attached hydrogen (secondary N) is 1. The molecule has 0 aromatic heterocycles. The maximum absolute atomic E-state index is 11.6. The lowest BCUT2D eigenvalue weighted by Crippen LogP contribution is -2.56. The van der Waals surface area contributed by atoms with E-state index in [0.29, 0.717) is 24.5 Å². The first-order valence-corrected chi connectivity index (χ1v) is 8.35. The quantitative estimate of drug-likeness (QED) is 0.922. The monoisotopic (exact) mass is 286 g/mol. The summed E-state index contributed by atoms with van der Waals surface area (Å²) in [6.07, 6.45) is 6.74. The number of carbonyl (C=O) groups excluding carboxylic acids is 1. The van der Waals surface area contributed by atoms with Gasteiger partial charge in [0.25, 0.3) is 0 Å². The van der Waals surface area contributed by atoms with Crippen LogP contribution in [-0.2, 0) is 11.3 Å². The van der Waals surface area contributed by atoms with Crippen molar-refractivity contribution in [2.45, 2.75) is 70.1 Å². The molecule has 0 radical (unpaired) electrons. The molecule has 2 bridgehead atoms. The van der Waals surface area contributed by atoms with Crippen molar-refractivity contribution >= 4 is 5.91 Å². The van der Waals surface area contributed by atoms with Crippen LogP contribution in [-0.4, -0.2) is 28.9 Å². The maximum Gasteiger partial charge on any atom is 0.219 e. The molecule has 114 valence electrons. The van der Waals surface area contributed by atoms with Gasteiger partial charge in [0.1, 0.15) is 0 Å². The molecule has 0 spiro atoms. The minimum Gasteiger partial charge on any atom is -0.353 e. The van der Waals surface area contributed by atoms with Crippen molar-refractivity contribution in [1.82, 2.24) is 10.2 Å². The molecule has 1 N–H and O–H groups in total. The topological polar surface area (TPSA) is 32.3 Å². The Morgan fingerprint density at radius 3 is 2.48 bits per heavy atom. The Kier molecular flexibility index (Phi) is 4.59. The van der Waals surface area contributed by atoms with Gasteiger partial charge in [-0.1, -0.05) is 43.7 Å². The van der Waals surface area contributed by atoms with Crippen LogP contribution in [0, 0.1) is 0 Å². The molecular formula is C18H26N2O. The van der Waals surface area contributed by atoms with Gasteiger partial charge in [0.15, 0.2) is 0 Å². The van der Waals surface area contributed by atoms with E-state index >= 15 is 0 Å². The average molecular weight is 286 g/mol. The second-order valence-corrected chi connectivity index (χ2v) is 6.49. The van der Waals surface area contributed by atoms with E-state index in [4.69, 9.17) is 0 Å². The molecule has 2 heterocycles. The minimum absolute atomic E-state index is 0.203. The van der Waals surface area contributed by atoms with Crippen molar-refractivity contribution in [2.24, 2.45) is 0 Å². The Morgan fingerprint density at radius 2 is 1.86 bits per heavy atom. The number of nitrogens with zero attached hydrogens (tertiary/aromatic N) is 1. The van der Waals surface area contributed by atoms with Crippen molar-refractivity contribution in [1.29, 1.82) is 0 Å². The molecule has 2 unspecified atom stereocenters. The van der Waals surface area contributed by atoms with Gasteiger partial charge in [-0.3, -0.25) is 9.69 Å². The number of hydrogen-bond donors (Lipinski definition) is 1. The molecular weight excluding hydrogens is 260 g/mol. The van der Waals surface area contributed by atoms with Gasteiger partial charge in [-0.15, -0.1) is 0 Å². The van der Waals surface area contributed by atoms with Crippen molar-refractivity contribution in [2.75, 3.05) is 0 Å². The third kappa shape index (κ3) is 3.46. The van der Waals surface area contributed by atoms with Crippen LogP contribution in [0.4, 0.5) is 0 Å². The van der Waals surface area contributed by atoms with Gasteiger partial charge in [0.2, 0.25) is 5.91 Å². The summed E-state index contributed by atoms with van der Waals surface area (Å²) in [6, 6.07) is 12.4. The summed E-state index contributed by atoms with van der Waals surface area (Å²) in [5, 5.41) is 3.22. The molecule has 2 saturated heterocycles. The van der Waals surface area contributed by atoms with E-state index in [2.05, 4.69) is 40.5 Å². The van der Waals surface area contributed by atoms with Crippen molar-refractivity contribution in [3.05, 3.63) is 35.9 Å². The zero-order valence-corrected chi connectivity index (χ0v) is 12.9. The van der Waals surface area contributed by atoms with Crippen molar-refractivity contribution < 1.29 is 4.79 Å². The largest absolute Gasteiger partial charge is 0.353 e. The fraction of sp³-hybridized carbons (Fsp3) is 0.611. The van der Waals surface area contributed by atoms with Crippen molar-refractivity contribution in [3.8, 4) is 0 Å². The number of fused-ring (bicyclic) bond motifs is 2. The Morgan fingerprint density at radius 1 is 1.19 bits per heavy atom. The number of hydrogen-bond acceptors (Lipinski definition) is 2. The van der Waals surface area contributed by atoms with Crippen LogP contribution < -0.4 is 5.32 Å². The predicted molar refractivity (Wildman–Crippen MR) is 84.9 cm³/mol. The highest BCUT2D eigenvalue weighted by molar-refractivity contribution is 5.75. The Bertz CT molecular complexity index is 459. The normalized spacial score (nSPS) is 29.1. The molecule has 2 aliphatic heterocycles. The van der Waals surface area contributed by atoms with Gasteiger partial charge in [-0.05, 0) is 31.2 Å². The lowest BCUT2D eigenvalue weighted by atomic mass is 9.81. The zero-order chi connectivity index (χ0) is 14.7. The molecule has 3 nitrogen and oxygen atoms in total. The molecule has 0 aliphatic carbocycles. The summed E-state index contributed by atoms with van der Waals surface area (Å²) < 4.78 is 0. The standard InChI is InChI=1S/C18H26N2O/c1-2-18(21)19-15-11-16-9-6-10-17(12-15)20(16)13-14-7-4-3-5-8-14/h3-5,7-8,15-17H,2,6,9-13H2,1H3,(H,19,21). The number of piperidine rings is 2. The molecule has 2 aliphatic rings. The molecule has 2 atom stereocenters. The maximum atomic E-state index is 11.6. The van der Waals surface area contributed by atoms with Crippen LogP contribution in [0.25, 0.3) is 0 Å². The van der Waals surface area contributed by atoms with E-state index in [1.165, 1.54) is 24.8 Å². The molecule has 0 saturated carbocycles. The summed E-state index contributed by atoms with van der Waals surface area (Å²) in [7, 11) is 0. The SMILES string of the molecule is CCC(=O)NC1CC2CCCC(C1)N2Cc1ccccc1. The second kappa shape index (κ2) is 6.61. The van der Waals surface area contributed by atoms with E-state index < -0.39 is 0 Å². The average Bonchev–Trinajstić information content (AvgIpc) is 2.49. The van der Waals surface area contributed by atoms with E-state index in [0.717, 1.165) is 19.4 Å². The molecule has 3 rings (SSSR count). The molecule has 1 aromatic carbocycles. The summed E-state index contributed by atoms with van der Waals surface area (Å²) in [5.41, 5.74) is 1.41. The first kappa shape index (κ1) is 14.6. The number of benzene rings is 1. The first-order valence-electron chi connectivity index (χ1n) is 8.35. The third-order valence-corrected chi connectivity index (χ3v) is 5.02. The van der Waals surface area contributed by atoms with Gasteiger partial charge >= 0.3 is 0 Å². The van der Waals surface area contributed by atoms with E-state index in [9.17, 15) is 4.79 Å². The van der Waals surface area contributed by atoms with Crippen LogP contribution >= 0.6 is 0 Å². The van der Waals surface area contributed by atoms with E-state index in [1.807, 2.05) is 6.92 Å². The number of carbonyl (C=O) groups is 1. The number of rotatable bonds is 4. The summed E-state index contributed by atoms with van der Waals surface area (Å²) in [4.78, 5) is 14.3. The highest BCUT2D eigenvalue weighted by Crippen LogP contribution is 2.35. The third-order valence-electron chi connectivity index (χ3n) is 5.02. The minimum atomic E-state index is 0.203. The molecule has 1 amide bonds. The van der Waals surface area contributed by atoms with Gasteiger partial charge in [-0.2, -0.15) is 0 Å². The lowest BCUT2D eigenvalue weighted by Gasteiger charge is -2.49. The van der Waals surface area contributed by atoms with Gasteiger partial charge < -0.3 is 5.32 Å².